The number of rotatable bonds is 9. The van der Waals surface area contributed by atoms with Gasteiger partial charge in [0.1, 0.15) is 23.0 Å². The van der Waals surface area contributed by atoms with E-state index in [0.29, 0.717) is 59.8 Å². The van der Waals surface area contributed by atoms with Crippen LogP contribution in [-0.4, -0.2) is 42.2 Å². The molecule has 1 saturated carbocycles. The summed E-state index contributed by atoms with van der Waals surface area (Å²) in [7, 11) is 3.18. The third-order valence-corrected chi connectivity index (χ3v) is 5.83. The molecule has 4 rings (SSSR count). The number of nitrogens with zero attached hydrogens (tertiary/aromatic N) is 2. The second-order valence-electron chi connectivity index (χ2n) is 7.91. The molecule has 174 valence electrons. The standard InChI is InChI=1S/C24H25ClFN3O4/c1-31-18-5-3-15(23(10-18)32-2)12-27-22-11-21(19-9-16(25)4-6-20(19)26)28-29-24(22)33-13-14-7-17(30)8-14/h3-6,9-11,14,17,30H,7-8,12-13H2,1-2H3,(H,27,28). The molecule has 1 aromatic heterocycles. The fourth-order valence-electron chi connectivity index (χ4n) is 3.66. The van der Waals surface area contributed by atoms with Crippen LogP contribution < -0.4 is 19.5 Å². The normalized spacial score (nSPS) is 17.2. The van der Waals surface area contributed by atoms with Crippen molar-refractivity contribution in [2.45, 2.75) is 25.5 Å². The van der Waals surface area contributed by atoms with Crippen LogP contribution in [0.2, 0.25) is 5.02 Å². The monoisotopic (exact) mass is 473 g/mol. The molecule has 1 aliphatic carbocycles. The van der Waals surface area contributed by atoms with Crippen LogP contribution in [0.15, 0.2) is 42.5 Å². The van der Waals surface area contributed by atoms with Gasteiger partial charge in [0.05, 0.1) is 32.6 Å². The van der Waals surface area contributed by atoms with Gasteiger partial charge in [-0.05, 0) is 55.2 Å². The SMILES string of the molecule is COc1ccc(CNc2cc(-c3cc(Cl)ccc3F)nnc2OCC2CC(O)C2)c(OC)c1. The van der Waals surface area contributed by atoms with Crippen molar-refractivity contribution in [3.05, 3.63) is 58.9 Å². The number of benzene rings is 2. The first-order valence-electron chi connectivity index (χ1n) is 10.6. The number of hydrogen-bond acceptors (Lipinski definition) is 7. The number of ether oxygens (including phenoxy) is 3. The van der Waals surface area contributed by atoms with Crippen LogP contribution in [0.1, 0.15) is 18.4 Å². The van der Waals surface area contributed by atoms with Crippen molar-refractivity contribution >= 4 is 17.3 Å². The Morgan fingerprint density at radius 3 is 2.64 bits per heavy atom. The number of methoxy groups -OCH3 is 2. The summed E-state index contributed by atoms with van der Waals surface area (Å²) in [6.45, 7) is 0.811. The van der Waals surface area contributed by atoms with Crippen molar-refractivity contribution in [1.82, 2.24) is 10.2 Å². The first-order chi connectivity index (χ1) is 16.0. The lowest BCUT2D eigenvalue weighted by Crippen LogP contribution is -2.32. The molecule has 0 aliphatic heterocycles. The number of aromatic nitrogens is 2. The molecule has 0 bridgehead atoms. The largest absolute Gasteiger partial charge is 0.497 e. The van der Waals surface area contributed by atoms with E-state index in [-0.39, 0.29) is 17.6 Å². The van der Waals surface area contributed by atoms with Gasteiger partial charge in [-0.3, -0.25) is 0 Å². The Balaban J connectivity index is 1.60. The molecule has 0 unspecified atom stereocenters. The molecule has 0 spiro atoms. The third kappa shape index (κ3) is 5.46. The van der Waals surface area contributed by atoms with Crippen LogP contribution in [0.5, 0.6) is 17.4 Å². The summed E-state index contributed by atoms with van der Waals surface area (Å²) in [4.78, 5) is 0. The summed E-state index contributed by atoms with van der Waals surface area (Å²) in [5.74, 6) is 1.47. The fraction of sp³-hybridized carbons (Fsp3) is 0.333. The minimum Gasteiger partial charge on any atom is -0.497 e. The summed E-state index contributed by atoms with van der Waals surface area (Å²) in [6, 6.07) is 11.5. The molecule has 0 radical (unpaired) electrons. The maximum Gasteiger partial charge on any atom is 0.257 e. The Bertz CT molecular complexity index is 1120. The topological polar surface area (TPSA) is 85.7 Å². The Morgan fingerprint density at radius 1 is 1.09 bits per heavy atom. The Morgan fingerprint density at radius 2 is 1.91 bits per heavy atom. The van der Waals surface area contributed by atoms with Crippen LogP contribution in [0.3, 0.4) is 0 Å². The van der Waals surface area contributed by atoms with Crippen molar-refractivity contribution < 1.29 is 23.7 Å². The predicted molar refractivity (Wildman–Crippen MR) is 124 cm³/mol. The molecule has 0 amide bonds. The van der Waals surface area contributed by atoms with Crippen LogP contribution >= 0.6 is 11.6 Å². The van der Waals surface area contributed by atoms with Gasteiger partial charge >= 0.3 is 0 Å². The molecule has 3 aromatic rings. The molecular formula is C24H25ClFN3O4. The minimum atomic E-state index is -0.450. The summed E-state index contributed by atoms with van der Waals surface area (Å²) >= 11 is 6.06. The Kier molecular flexibility index (Phi) is 7.15. The second-order valence-corrected chi connectivity index (χ2v) is 8.34. The average molecular weight is 474 g/mol. The molecule has 7 nitrogen and oxygen atoms in total. The van der Waals surface area contributed by atoms with E-state index in [1.807, 2.05) is 12.1 Å². The van der Waals surface area contributed by atoms with Crippen molar-refractivity contribution in [3.8, 4) is 28.6 Å². The number of anilines is 1. The van der Waals surface area contributed by atoms with Gasteiger partial charge in [0, 0.05) is 28.8 Å². The number of aliphatic hydroxyl groups excluding tert-OH is 1. The van der Waals surface area contributed by atoms with Crippen LogP contribution in [0.25, 0.3) is 11.3 Å². The lowest BCUT2D eigenvalue weighted by Gasteiger charge is -2.30. The third-order valence-electron chi connectivity index (χ3n) is 5.59. The van der Waals surface area contributed by atoms with Crippen molar-refractivity contribution in [2.75, 3.05) is 26.1 Å². The maximum absolute atomic E-state index is 14.4. The van der Waals surface area contributed by atoms with Crippen LogP contribution in [0.4, 0.5) is 10.1 Å². The van der Waals surface area contributed by atoms with E-state index in [1.54, 1.807) is 26.4 Å². The predicted octanol–water partition coefficient (Wildman–Crippen LogP) is 4.72. The van der Waals surface area contributed by atoms with Crippen molar-refractivity contribution in [1.29, 1.82) is 0 Å². The number of aliphatic hydroxyl groups is 1. The zero-order chi connectivity index (χ0) is 23.4. The highest BCUT2D eigenvalue weighted by Gasteiger charge is 2.28. The first kappa shape index (κ1) is 23.1. The number of halogens is 2. The zero-order valence-corrected chi connectivity index (χ0v) is 19.1. The minimum absolute atomic E-state index is 0.244. The highest BCUT2D eigenvalue weighted by Crippen LogP contribution is 2.33. The highest BCUT2D eigenvalue weighted by molar-refractivity contribution is 6.30. The van der Waals surface area contributed by atoms with E-state index >= 15 is 0 Å². The molecule has 1 aliphatic rings. The van der Waals surface area contributed by atoms with Gasteiger partial charge in [-0.25, -0.2) is 4.39 Å². The lowest BCUT2D eigenvalue weighted by atomic mass is 9.83. The van der Waals surface area contributed by atoms with Gasteiger partial charge in [0.15, 0.2) is 0 Å². The second kappa shape index (κ2) is 10.2. The van der Waals surface area contributed by atoms with E-state index in [4.69, 9.17) is 25.8 Å². The Labute approximate surface area is 196 Å². The maximum atomic E-state index is 14.4. The molecule has 33 heavy (non-hydrogen) atoms. The summed E-state index contributed by atoms with van der Waals surface area (Å²) < 4.78 is 31.0. The summed E-state index contributed by atoms with van der Waals surface area (Å²) in [5, 5.41) is 21.6. The van der Waals surface area contributed by atoms with Gasteiger partial charge in [0.25, 0.3) is 5.88 Å². The quantitative estimate of drug-likeness (QED) is 0.465. The number of hydrogen-bond donors (Lipinski definition) is 2. The summed E-state index contributed by atoms with van der Waals surface area (Å²) in [6.07, 6.45) is 1.13. The van der Waals surface area contributed by atoms with E-state index < -0.39 is 5.82 Å². The van der Waals surface area contributed by atoms with Gasteiger partial charge in [-0.1, -0.05) is 11.6 Å². The molecule has 1 fully saturated rings. The van der Waals surface area contributed by atoms with Crippen LogP contribution in [-0.2, 0) is 6.54 Å². The molecular weight excluding hydrogens is 449 g/mol. The van der Waals surface area contributed by atoms with E-state index in [9.17, 15) is 9.50 Å². The molecule has 2 N–H and O–H groups in total. The van der Waals surface area contributed by atoms with Gasteiger partial charge in [-0.15, -0.1) is 10.2 Å². The van der Waals surface area contributed by atoms with Crippen molar-refractivity contribution in [2.24, 2.45) is 5.92 Å². The molecule has 0 atom stereocenters. The van der Waals surface area contributed by atoms with Gasteiger partial charge in [0.2, 0.25) is 0 Å². The molecule has 1 heterocycles. The number of nitrogens with one attached hydrogen (secondary N) is 1. The van der Waals surface area contributed by atoms with Gasteiger partial charge < -0.3 is 24.6 Å². The Hall–Kier alpha value is -3.10. The fourth-order valence-corrected chi connectivity index (χ4v) is 3.83. The smallest absolute Gasteiger partial charge is 0.257 e. The average Bonchev–Trinajstić information content (AvgIpc) is 2.81. The molecule has 0 saturated heterocycles. The lowest BCUT2D eigenvalue weighted by molar-refractivity contribution is 0.0194. The van der Waals surface area contributed by atoms with Crippen molar-refractivity contribution in [3.63, 3.8) is 0 Å². The van der Waals surface area contributed by atoms with Crippen LogP contribution in [0, 0.1) is 11.7 Å². The van der Waals surface area contributed by atoms with E-state index in [1.165, 1.54) is 18.2 Å². The molecule has 9 heteroatoms. The highest BCUT2D eigenvalue weighted by atomic mass is 35.5. The van der Waals surface area contributed by atoms with Gasteiger partial charge in [-0.2, -0.15) is 0 Å². The first-order valence-corrected chi connectivity index (χ1v) is 10.9. The van der Waals surface area contributed by atoms with E-state index in [0.717, 1.165) is 5.56 Å². The molecule has 2 aromatic carbocycles. The van der Waals surface area contributed by atoms with E-state index in [2.05, 4.69) is 15.5 Å². The summed E-state index contributed by atoms with van der Waals surface area (Å²) in [5.41, 5.74) is 2.01. The zero-order valence-electron chi connectivity index (χ0n) is 18.3.